The Kier molecular flexibility index (Phi) is 6.55. The molecule has 0 saturated carbocycles. The third-order valence-corrected chi connectivity index (χ3v) is 6.05. The molecule has 1 unspecified atom stereocenters. The molecule has 2 amide bonds. The van der Waals surface area contributed by atoms with Crippen LogP contribution in [0.3, 0.4) is 0 Å². The van der Waals surface area contributed by atoms with Crippen molar-refractivity contribution >= 4 is 17.4 Å². The molecule has 1 heterocycles. The molecule has 0 radical (unpaired) electrons. The fourth-order valence-electron chi connectivity index (χ4n) is 4.42. The van der Waals surface area contributed by atoms with Gasteiger partial charge in [-0.15, -0.1) is 0 Å². The van der Waals surface area contributed by atoms with Gasteiger partial charge in [0.25, 0.3) is 0 Å². The standard InChI is InChI=1S/C27H27NO4/c29-22-13-9-19(10-14-22)24(20-11-15-23(30)16-12-20)7-3-4-8-25(21-5-1-2-6-21)28-26(31)17-18-27(28)32/h1-2,5-7,9-16,21,25,29-30H,3-4,8,17-18H2. The number of hydrogen-bond acceptors (Lipinski definition) is 4. The maximum Gasteiger partial charge on any atom is 0.229 e. The van der Waals surface area contributed by atoms with Gasteiger partial charge in [-0.05, 0) is 60.2 Å². The second-order valence-electron chi connectivity index (χ2n) is 8.21. The molecule has 4 rings (SSSR count). The summed E-state index contributed by atoms with van der Waals surface area (Å²) in [5, 5.41) is 19.3. The van der Waals surface area contributed by atoms with Gasteiger partial charge in [-0.2, -0.15) is 0 Å². The Morgan fingerprint density at radius 2 is 1.38 bits per heavy atom. The number of carbonyl (C=O) groups is 2. The molecule has 2 aromatic rings. The molecule has 5 nitrogen and oxygen atoms in total. The highest BCUT2D eigenvalue weighted by molar-refractivity contribution is 6.02. The fourth-order valence-corrected chi connectivity index (χ4v) is 4.42. The minimum atomic E-state index is -0.147. The Balaban J connectivity index is 1.51. The summed E-state index contributed by atoms with van der Waals surface area (Å²) in [5.74, 6) is 0.341. The predicted molar refractivity (Wildman–Crippen MR) is 124 cm³/mol. The first kappa shape index (κ1) is 21.6. The van der Waals surface area contributed by atoms with Gasteiger partial charge in [-0.25, -0.2) is 0 Å². The normalized spacial score (nSPS) is 16.7. The van der Waals surface area contributed by atoms with Crippen LogP contribution in [0.15, 0.2) is 78.9 Å². The highest BCUT2D eigenvalue weighted by Crippen LogP contribution is 2.30. The first-order chi connectivity index (χ1) is 15.5. The number of phenolic OH excluding ortho intramolecular Hbond substituents is 2. The van der Waals surface area contributed by atoms with Gasteiger partial charge in [0.05, 0.1) is 0 Å². The van der Waals surface area contributed by atoms with Crippen molar-refractivity contribution in [1.82, 2.24) is 4.90 Å². The van der Waals surface area contributed by atoms with E-state index in [4.69, 9.17) is 0 Å². The Hall–Kier alpha value is -3.60. The second kappa shape index (κ2) is 9.69. The lowest BCUT2D eigenvalue weighted by atomic mass is 9.93. The van der Waals surface area contributed by atoms with E-state index in [1.807, 2.05) is 36.4 Å². The maximum atomic E-state index is 12.4. The van der Waals surface area contributed by atoms with Crippen molar-refractivity contribution in [2.45, 2.75) is 38.1 Å². The molecular formula is C27H27NO4. The van der Waals surface area contributed by atoms with E-state index in [1.54, 1.807) is 24.3 Å². The summed E-state index contributed by atoms with van der Waals surface area (Å²) in [4.78, 5) is 26.2. The Labute approximate surface area is 188 Å². The van der Waals surface area contributed by atoms with E-state index in [-0.39, 0.29) is 35.3 Å². The first-order valence-electron chi connectivity index (χ1n) is 11.0. The molecule has 0 bridgehead atoms. The van der Waals surface area contributed by atoms with Crippen LogP contribution in [0.5, 0.6) is 11.5 Å². The number of phenols is 2. The molecule has 1 saturated heterocycles. The highest BCUT2D eigenvalue weighted by Gasteiger charge is 2.37. The van der Waals surface area contributed by atoms with E-state index in [9.17, 15) is 19.8 Å². The van der Waals surface area contributed by atoms with E-state index in [1.165, 1.54) is 4.90 Å². The summed E-state index contributed by atoms with van der Waals surface area (Å²) in [5.41, 5.74) is 2.95. The molecule has 164 valence electrons. The average Bonchev–Trinajstić information content (AvgIpc) is 3.44. The molecular weight excluding hydrogens is 402 g/mol. The smallest absolute Gasteiger partial charge is 0.229 e. The molecule has 0 aromatic heterocycles. The molecule has 2 aromatic carbocycles. The SMILES string of the molecule is O=C1CCC(=O)N1C(CCCC=C(c1ccc(O)cc1)c1ccc(O)cc1)C1C=CC=C1. The molecule has 1 atom stereocenters. The quantitative estimate of drug-likeness (QED) is 0.459. The second-order valence-corrected chi connectivity index (χ2v) is 8.21. The Bertz CT molecular complexity index is 988. The number of imide groups is 1. The summed E-state index contributed by atoms with van der Waals surface area (Å²) >= 11 is 0. The number of allylic oxidation sites excluding steroid dienone is 3. The number of likely N-dealkylation sites (tertiary alicyclic amines) is 1. The zero-order valence-corrected chi connectivity index (χ0v) is 17.9. The number of rotatable bonds is 8. The summed E-state index contributed by atoms with van der Waals surface area (Å²) in [7, 11) is 0. The van der Waals surface area contributed by atoms with Crippen molar-refractivity contribution in [3.05, 3.63) is 90.0 Å². The number of amides is 2. The topological polar surface area (TPSA) is 77.8 Å². The monoisotopic (exact) mass is 429 g/mol. The molecule has 1 aliphatic heterocycles. The van der Waals surface area contributed by atoms with Crippen molar-refractivity contribution in [2.75, 3.05) is 0 Å². The van der Waals surface area contributed by atoms with Crippen LogP contribution in [0.2, 0.25) is 0 Å². The van der Waals surface area contributed by atoms with Crippen LogP contribution < -0.4 is 0 Å². The zero-order valence-electron chi connectivity index (χ0n) is 17.9. The third-order valence-electron chi connectivity index (χ3n) is 6.05. The van der Waals surface area contributed by atoms with E-state index in [0.717, 1.165) is 36.0 Å². The number of carbonyl (C=O) groups excluding carboxylic acids is 2. The summed E-state index contributed by atoms with van der Waals surface area (Å²) in [6, 6.07) is 13.9. The van der Waals surface area contributed by atoms with Crippen molar-refractivity contribution in [2.24, 2.45) is 5.92 Å². The third kappa shape index (κ3) is 4.83. The molecule has 32 heavy (non-hydrogen) atoms. The van der Waals surface area contributed by atoms with Crippen molar-refractivity contribution < 1.29 is 19.8 Å². The molecule has 1 aliphatic carbocycles. The van der Waals surface area contributed by atoms with Gasteiger partial charge in [-0.1, -0.05) is 54.6 Å². The predicted octanol–water partition coefficient (Wildman–Crippen LogP) is 4.96. The highest BCUT2D eigenvalue weighted by atomic mass is 16.3. The van der Waals surface area contributed by atoms with Crippen LogP contribution >= 0.6 is 0 Å². The van der Waals surface area contributed by atoms with Crippen molar-refractivity contribution in [3.8, 4) is 11.5 Å². The number of aromatic hydroxyl groups is 2. The first-order valence-corrected chi connectivity index (χ1v) is 11.0. The van der Waals surface area contributed by atoms with E-state index < -0.39 is 0 Å². The fraction of sp³-hybridized carbons (Fsp3) is 0.259. The van der Waals surface area contributed by atoms with Gasteiger partial charge in [0.1, 0.15) is 11.5 Å². The Morgan fingerprint density at radius 3 is 1.88 bits per heavy atom. The lowest BCUT2D eigenvalue weighted by Crippen LogP contribution is -2.42. The average molecular weight is 430 g/mol. The lowest BCUT2D eigenvalue weighted by molar-refractivity contribution is -0.141. The minimum absolute atomic E-state index is 0.0682. The van der Waals surface area contributed by atoms with Gasteiger partial charge < -0.3 is 10.2 Å². The number of unbranched alkanes of at least 4 members (excludes halogenated alkanes) is 1. The Morgan fingerprint density at radius 1 is 0.875 bits per heavy atom. The molecule has 5 heteroatoms. The van der Waals surface area contributed by atoms with Gasteiger partial charge in [-0.3, -0.25) is 14.5 Å². The summed E-state index contributed by atoms with van der Waals surface area (Å²) in [6.45, 7) is 0. The van der Waals surface area contributed by atoms with Crippen molar-refractivity contribution in [1.29, 1.82) is 0 Å². The van der Waals surface area contributed by atoms with Gasteiger partial charge in [0.15, 0.2) is 0 Å². The van der Waals surface area contributed by atoms with Crippen LogP contribution in [-0.2, 0) is 9.59 Å². The molecule has 0 spiro atoms. The van der Waals surface area contributed by atoms with E-state index in [0.29, 0.717) is 12.8 Å². The largest absolute Gasteiger partial charge is 0.508 e. The maximum absolute atomic E-state index is 12.4. The summed E-state index contributed by atoms with van der Waals surface area (Å²) in [6.07, 6.45) is 13.1. The number of nitrogens with zero attached hydrogens (tertiary/aromatic N) is 1. The minimum Gasteiger partial charge on any atom is -0.508 e. The lowest BCUT2D eigenvalue weighted by Gasteiger charge is -2.29. The van der Waals surface area contributed by atoms with Crippen LogP contribution in [0, 0.1) is 5.92 Å². The zero-order chi connectivity index (χ0) is 22.5. The molecule has 2 aliphatic rings. The summed E-state index contributed by atoms with van der Waals surface area (Å²) < 4.78 is 0. The van der Waals surface area contributed by atoms with Crippen molar-refractivity contribution in [3.63, 3.8) is 0 Å². The van der Waals surface area contributed by atoms with Crippen LogP contribution in [0.25, 0.3) is 5.57 Å². The van der Waals surface area contributed by atoms with Crippen LogP contribution in [0.1, 0.15) is 43.2 Å². The van der Waals surface area contributed by atoms with Gasteiger partial charge in [0, 0.05) is 24.8 Å². The molecule has 1 fully saturated rings. The van der Waals surface area contributed by atoms with E-state index >= 15 is 0 Å². The number of benzene rings is 2. The molecule has 2 N–H and O–H groups in total. The van der Waals surface area contributed by atoms with Crippen LogP contribution in [-0.4, -0.2) is 33.0 Å². The van der Waals surface area contributed by atoms with E-state index in [2.05, 4.69) is 18.2 Å². The number of hydrogen-bond donors (Lipinski definition) is 2. The van der Waals surface area contributed by atoms with Gasteiger partial charge >= 0.3 is 0 Å². The van der Waals surface area contributed by atoms with Crippen LogP contribution in [0.4, 0.5) is 0 Å². The van der Waals surface area contributed by atoms with Gasteiger partial charge in [0.2, 0.25) is 11.8 Å².